The second kappa shape index (κ2) is 24.0. The van der Waals surface area contributed by atoms with E-state index in [0.29, 0.717) is 19.3 Å². The Morgan fingerprint density at radius 3 is 1.62 bits per heavy atom. The second-order valence-corrected chi connectivity index (χ2v) is 10.1. The highest BCUT2D eigenvalue weighted by Gasteiger charge is 2.14. The van der Waals surface area contributed by atoms with Crippen LogP contribution in [0.25, 0.3) is 0 Å². The molecule has 2 radical (unpaired) electrons. The molecule has 0 N–H and O–H groups in total. The zero-order chi connectivity index (χ0) is 23.0. The maximum absolute atomic E-state index is 11.6. The van der Waals surface area contributed by atoms with E-state index in [2.05, 4.69) is 6.92 Å². The molecule has 0 spiro atoms. The van der Waals surface area contributed by atoms with Gasteiger partial charge >= 0.3 is 0 Å². The van der Waals surface area contributed by atoms with Crippen molar-refractivity contribution in [2.75, 3.05) is 19.8 Å². The standard InChI is InChI=1S/C29H56O3/c1-2-3-4-5-6-7-8-9-10-11-12-13-14-15-16-17-18-21-25-32-29-23-20-19-22-28(30)27-31-26-24-29/h28-29H,1-27H2. The lowest BCUT2D eigenvalue weighted by atomic mass is 10.0. The van der Waals surface area contributed by atoms with Crippen molar-refractivity contribution in [1.82, 2.24) is 0 Å². The summed E-state index contributed by atoms with van der Waals surface area (Å²) in [7, 11) is 0. The van der Waals surface area contributed by atoms with E-state index in [-0.39, 0.29) is 0 Å². The zero-order valence-electron chi connectivity index (χ0n) is 21.5. The summed E-state index contributed by atoms with van der Waals surface area (Å²) in [6, 6.07) is 0. The van der Waals surface area contributed by atoms with Gasteiger partial charge in [0.2, 0.25) is 0 Å². The van der Waals surface area contributed by atoms with Gasteiger partial charge in [0.25, 0.3) is 0 Å². The van der Waals surface area contributed by atoms with E-state index in [1.807, 2.05) is 0 Å². The van der Waals surface area contributed by atoms with Crippen molar-refractivity contribution in [3.8, 4) is 0 Å². The van der Waals surface area contributed by atoms with Crippen molar-refractivity contribution >= 4 is 0 Å². The quantitative estimate of drug-likeness (QED) is 0.173. The molecule has 0 aromatic carbocycles. The first-order valence-corrected chi connectivity index (χ1v) is 14.5. The highest BCUT2D eigenvalue weighted by molar-refractivity contribution is 4.63. The minimum absolute atomic E-state index is 0.335. The SMILES string of the molecule is [CH2]CCCCCCCCCCCCCCCCCCCOC1CCCCC([O])COCC1. The van der Waals surface area contributed by atoms with Crippen LogP contribution >= 0.6 is 0 Å². The van der Waals surface area contributed by atoms with Gasteiger partial charge in [-0.1, -0.05) is 129 Å². The monoisotopic (exact) mass is 452 g/mol. The van der Waals surface area contributed by atoms with Crippen LogP contribution in [0, 0.1) is 6.92 Å². The van der Waals surface area contributed by atoms with Crippen LogP contribution in [-0.2, 0) is 14.6 Å². The molecule has 0 aliphatic carbocycles. The van der Waals surface area contributed by atoms with Gasteiger partial charge in [-0.3, -0.25) is 0 Å². The molecule has 3 nitrogen and oxygen atoms in total. The Bertz CT molecular complexity index is 348. The van der Waals surface area contributed by atoms with Crippen LogP contribution in [0.2, 0.25) is 0 Å². The maximum atomic E-state index is 11.6. The molecular formula is C29H56O3. The molecule has 1 saturated heterocycles. The molecule has 1 fully saturated rings. The molecule has 1 aliphatic rings. The first-order valence-electron chi connectivity index (χ1n) is 14.5. The zero-order valence-corrected chi connectivity index (χ0v) is 21.5. The van der Waals surface area contributed by atoms with Gasteiger partial charge in [-0.15, -0.1) is 0 Å². The topological polar surface area (TPSA) is 38.4 Å². The molecule has 0 aromatic rings. The third-order valence-corrected chi connectivity index (χ3v) is 6.94. The first kappa shape index (κ1) is 29.9. The van der Waals surface area contributed by atoms with Crippen LogP contribution in [0.1, 0.15) is 148 Å². The molecule has 2 atom stereocenters. The summed E-state index contributed by atoms with van der Waals surface area (Å²) in [5.74, 6) is 0. The lowest BCUT2D eigenvalue weighted by molar-refractivity contribution is -0.0346. The number of rotatable bonds is 20. The molecular weight excluding hydrogens is 396 g/mol. The van der Waals surface area contributed by atoms with Crippen LogP contribution in [0.3, 0.4) is 0 Å². The van der Waals surface area contributed by atoms with Crippen LogP contribution in [-0.4, -0.2) is 32.0 Å². The lowest BCUT2D eigenvalue weighted by Gasteiger charge is -2.20. The third kappa shape index (κ3) is 20.5. The van der Waals surface area contributed by atoms with Gasteiger partial charge in [0.15, 0.2) is 0 Å². The van der Waals surface area contributed by atoms with Gasteiger partial charge in [0, 0.05) is 13.2 Å². The molecule has 0 aromatic heterocycles. The van der Waals surface area contributed by atoms with Crippen LogP contribution < -0.4 is 0 Å². The Balaban J connectivity index is 1.76. The minimum Gasteiger partial charge on any atom is -0.379 e. The van der Waals surface area contributed by atoms with Crippen molar-refractivity contribution in [1.29, 1.82) is 0 Å². The summed E-state index contributed by atoms with van der Waals surface area (Å²) in [6.07, 6.45) is 29.6. The Labute approximate surface area is 201 Å². The molecule has 2 unspecified atom stereocenters. The van der Waals surface area contributed by atoms with E-state index in [4.69, 9.17) is 9.47 Å². The van der Waals surface area contributed by atoms with E-state index < -0.39 is 6.10 Å². The van der Waals surface area contributed by atoms with Gasteiger partial charge in [-0.2, -0.15) is 0 Å². The van der Waals surface area contributed by atoms with Gasteiger partial charge < -0.3 is 9.47 Å². The van der Waals surface area contributed by atoms with Crippen molar-refractivity contribution in [2.24, 2.45) is 0 Å². The predicted octanol–water partition coefficient (Wildman–Crippen LogP) is 9.01. The molecule has 32 heavy (non-hydrogen) atoms. The van der Waals surface area contributed by atoms with Crippen molar-refractivity contribution in [2.45, 2.75) is 160 Å². The number of hydrogen-bond acceptors (Lipinski definition) is 2. The van der Waals surface area contributed by atoms with E-state index >= 15 is 0 Å². The third-order valence-electron chi connectivity index (χ3n) is 6.94. The minimum atomic E-state index is -0.522. The Morgan fingerprint density at radius 2 is 1.09 bits per heavy atom. The molecule has 1 aliphatic heterocycles. The van der Waals surface area contributed by atoms with Crippen molar-refractivity contribution < 1.29 is 14.6 Å². The molecule has 0 saturated carbocycles. The summed E-state index contributed by atoms with van der Waals surface area (Å²) in [4.78, 5) is 0. The fourth-order valence-electron chi connectivity index (χ4n) is 4.75. The molecule has 0 bridgehead atoms. The Hall–Kier alpha value is -0.120. The maximum Gasteiger partial charge on any atom is 0.116 e. The fourth-order valence-corrected chi connectivity index (χ4v) is 4.75. The van der Waals surface area contributed by atoms with E-state index in [9.17, 15) is 5.11 Å². The van der Waals surface area contributed by atoms with Gasteiger partial charge in [-0.05, 0) is 25.7 Å². The number of unbranched alkanes of at least 4 members (excludes halogenated alkanes) is 17. The van der Waals surface area contributed by atoms with Crippen molar-refractivity contribution in [3.05, 3.63) is 6.92 Å². The number of ether oxygens (including phenoxy) is 2. The molecule has 190 valence electrons. The van der Waals surface area contributed by atoms with Crippen LogP contribution in [0.15, 0.2) is 0 Å². The normalized spacial score (nSPS) is 20.4. The van der Waals surface area contributed by atoms with Crippen LogP contribution in [0.5, 0.6) is 0 Å². The van der Waals surface area contributed by atoms with Crippen LogP contribution in [0.4, 0.5) is 0 Å². The summed E-state index contributed by atoms with van der Waals surface area (Å²) in [6.45, 7) is 5.87. The Morgan fingerprint density at radius 1 is 0.625 bits per heavy atom. The molecule has 3 heteroatoms. The summed E-state index contributed by atoms with van der Waals surface area (Å²) in [5.41, 5.74) is 0. The Kier molecular flexibility index (Phi) is 22.5. The van der Waals surface area contributed by atoms with Gasteiger partial charge in [-0.25, -0.2) is 5.11 Å². The highest BCUT2D eigenvalue weighted by atomic mass is 16.5. The molecule has 1 heterocycles. The summed E-state index contributed by atoms with van der Waals surface area (Å²) < 4.78 is 11.6. The predicted molar refractivity (Wildman–Crippen MR) is 137 cm³/mol. The smallest absolute Gasteiger partial charge is 0.116 e. The highest BCUT2D eigenvalue weighted by Crippen LogP contribution is 2.16. The van der Waals surface area contributed by atoms with Gasteiger partial charge in [0.1, 0.15) is 6.10 Å². The largest absolute Gasteiger partial charge is 0.379 e. The van der Waals surface area contributed by atoms with E-state index in [1.54, 1.807) is 0 Å². The molecule has 0 amide bonds. The van der Waals surface area contributed by atoms with Crippen molar-refractivity contribution in [3.63, 3.8) is 0 Å². The molecule has 1 rings (SSSR count). The van der Waals surface area contributed by atoms with E-state index in [0.717, 1.165) is 45.1 Å². The first-order chi connectivity index (χ1) is 15.8. The van der Waals surface area contributed by atoms with Gasteiger partial charge in [0.05, 0.1) is 12.7 Å². The number of hydrogen-bond donors (Lipinski definition) is 0. The average Bonchev–Trinajstić information content (AvgIpc) is 2.80. The second-order valence-electron chi connectivity index (χ2n) is 10.1. The summed E-state index contributed by atoms with van der Waals surface area (Å²) >= 11 is 0. The fraction of sp³-hybridized carbons (Fsp3) is 0.966. The summed E-state index contributed by atoms with van der Waals surface area (Å²) in [5, 5.41) is 11.6. The lowest BCUT2D eigenvalue weighted by Crippen LogP contribution is -2.21. The van der Waals surface area contributed by atoms with E-state index in [1.165, 1.54) is 109 Å². The average molecular weight is 453 g/mol.